The van der Waals surface area contributed by atoms with Crippen LogP contribution in [0.2, 0.25) is 0 Å². The van der Waals surface area contributed by atoms with Gasteiger partial charge < -0.3 is 10.6 Å². The van der Waals surface area contributed by atoms with E-state index in [9.17, 15) is 12.8 Å². The maximum Gasteiger partial charge on any atom is 0.211 e. The van der Waals surface area contributed by atoms with Crippen LogP contribution in [0.1, 0.15) is 38.7 Å². The highest BCUT2D eigenvalue weighted by atomic mass is 127. The van der Waals surface area contributed by atoms with Crippen molar-refractivity contribution < 1.29 is 12.8 Å². The molecule has 0 heterocycles. The largest absolute Gasteiger partial charge is 0.357 e. The number of hydrogen-bond acceptors (Lipinski definition) is 3. The third-order valence-electron chi connectivity index (χ3n) is 4.88. The Hall–Kier alpha value is -0.940. The maximum atomic E-state index is 14.1. The van der Waals surface area contributed by atoms with Gasteiger partial charge in [-0.1, -0.05) is 25.1 Å². The summed E-state index contributed by atoms with van der Waals surface area (Å²) in [6.45, 7) is 6.64. The summed E-state index contributed by atoms with van der Waals surface area (Å²) in [5.74, 6) is 0.520. The minimum atomic E-state index is -3.16. The van der Waals surface area contributed by atoms with Crippen LogP contribution in [0.25, 0.3) is 0 Å². The molecular formula is C19H32FIN4O2S. The van der Waals surface area contributed by atoms with E-state index in [1.165, 1.54) is 16.6 Å². The molecule has 1 saturated carbocycles. The van der Waals surface area contributed by atoms with Crippen molar-refractivity contribution in [3.8, 4) is 0 Å². The minimum absolute atomic E-state index is 0. The highest BCUT2D eigenvalue weighted by molar-refractivity contribution is 14.0. The summed E-state index contributed by atoms with van der Waals surface area (Å²) in [5.41, 5.74) is 0.555. The molecule has 0 amide bonds. The average molecular weight is 526 g/mol. The molecule has 28 heavy (non-hydrogen) atoms. The lowest BCUT2D eigenvalue weighted by atomic mass is 9.95. The Kier molecular flexibility index (Phi) is 10.1. The molecule has 1 fully saturated rings. The Bertz CT molecular complexity index is 754. The van der Waals surface area contributed by atoms with Crippen molar-refractivity contribution in [2.45, 2.75) is 38.5 Å². The highest BCUT2D eigenvalue weighted by Gasteiger charge is 2.45. The van der Waals surface area contributed by atoms with Crippen molar-refractivity contribution >= 4 is 40.0 Å². The maximum absolute atomic E-state index is 14.1. The Morgan fingerprint density at radius 1 is 1.25 bits per heavy atom. The zero-order valence-electron chi connectivity index (χ0n) is 16.9. The van der Waals surface area contributed by atoms with Crippen molar-refractivity contribution in [2.24, 2.45) is 4.99 Å². The number of sulfonamides is 1. The first-order valence-corrected chi connectivity index (χ1v) is 11.4. The smallest absolute Gasteiger partial charge is 0.211 e. The van der Waals surface area contributed by atoms with Crippen LogP contribution in [0.3, 0.4) is 0 Å². The molecule has 0 aliphatic heterocycles. The fourth-order valence-corrected chi connectivity index (χ4v) is 4.08. The molecular weight excluding hydrogens is 494 g/mol. The number of halogens is 2. The molecule has 0 unspecified atom stereocenters. The predicted octanol–water partition coefficient (Wildman–Crippen LogP) is 2.70. The summed E-state index contributed by atoms with van der Waals surface area (Å²) in [6.07, 6.45) is 3.80. The van der Waals surface area contributed by atoms with Crippen LogP contribution in [0.4, 0.5) is 4.39 Å². The summed E-state index contributed by atoms with van der Waals surface area (Å²) in [7, 11) is -3.16. The molecule has 2 rings (SSSR count). The molecule has 2 N–H and O–H groups in total. The van der Waals surface area contributed by atoms with Gasteiger partial charge in [-0.2, -0.15) is 0 Å². The molecule has 0 aromatic heterocycles. The van der Waals surface area contributed by atoms with Crippen molar-refractivity contribution in [3.05, 3.63) is 35.6 Å². The van der Waals surface area contributed by atoms with Crippen molar-refractivity contribution in [1.29, 1.82) is 0 Å². The zero-order chi connectivity index (χ0) is 19.9. The SMILES string of the molecule is CCNC(=NCC1(c2ccccc2F)CC1)NCCCN(CC)S(C)(=O)=O.I. The number of nitrogens with zero attached hydrogens (tertiary/aromatic N) is 2. The van der Waals surface area contributed by atoms with Gasteiger partial charge in [-0.25, -0.2) is 17.1 Å². The monoisotopic (exact) mass is 526 g/mol. The third kappa shape index (κ3) is 7.14. The van der Waals surface area contributed by atoms with Gasteiger partial charge in [-0.05, 0) is 37.8 Å². The van der Waals surface area contributed by atoms with E-state index in [-0.39, 0.29) is 35.2 Å². The summed E-state index contributed by atoms with van der Waals surface area (Å²) in [4.78, 5) is 4.65. The standard InChI is InChI=1S/C19H31FN4O2S.HI/c1-4-21-18(22-13-8-14-24(5-2)27(3,25)26)23-15-19(11-12-19)16-9-6-7-10-17(16)20;/h6-7,9-10H,4-5,8,11-15H2,1-3H3,(H2,21,22,23);1H. The van der Waals surface area contributed by atoms with Crippen LogP contribution in [0.5, 0.6) is 0 Å². The molecule has 6 nitrogen and oxygen atoms in total. The molecule has 0 spiro atoms. The van der Waals surface area contributed by atoms with Gasteiger partial charge in [0.2, 0.25) is 10.0 Å². The normalized spacial score (nSPS) is 15.8. The first kappa shape index (κ1) is 25.1. The van der Waals surface area contributed by atoms with Gasteiger partial charge in [0.1, 0.15) is 5.82 Å². The number of guanidine groups is 1. The zero-order valence-corrected chi connectivity index (χ0v) is 20.0. The summed E-state index contributed by atoms with van der Waals surface area (Å²) in [6, 6.07) is 6.93. The highest BCUT2D eigenvalue weighted by Crippen LogP contribution is 2.49. The molecule has 160 valence electrons. The molecule has 1 aromatic rings. The lowest BCUT2D eigenvalue weighted by molar-refractivity contribution is 0.424. The van der Waals surface area contributed by atoms with Crippen LogP contribution in [-0.2, 0) is 15.4 Å². The number of rotatable bonds is 10. The second kappa shape index (κ2) is 11.3. The lowest BCUT2D eigenvalue weighted by Crippen LogP contribution is -2.40. The van der Waals surface area contributed by atoms with Crippen LogP contribution >= 0.6 is 24.0 Å². The third-order valence-corrected chi connectivity index (χ3v) is 6.26. The number of hydrogen-bond donors (Lipinski definition) is 2. The van der Waals surface area contributed by atoms with E-state index < -0.39 is 10.0 Å². The number of nitrogens with one attached hydrogen (secondary N) is 2. The molecule has 0 saturated heterocycles. The molecule has 9 heteroatoms. The van der Waals surface area contributed by atoms with Crippen LogP contribution in [-0.4, -0.2) is 57.7 Å². The predicted molar refractivity (Wildman–Crippen MR) is 123 cm³/mol. The summed E-state index contributed by atoms with van der Waals surface area (Å²) in [5, 5.41) is 6.44. The van der Waals surface area contributed by atoms with Crippen LogP contribution in [0, 0.1) is 5.82 Å². The topological polar surface area (TPSA) is 73.8 Å². The van der Waals surface area contributed by atoms with Gasteiger partial charge in [0, 0.05) is 31.6 Å². The molecule has 1 aliphatic rings. The van der Waals surface area contributed by atoms with Gasteiger partial charge in [0.05, 0.1) is 12.8 Å². The molecule has 1 aromatic carbocycles. The van der Waals surface area contributed by atoms with E-state index >= 15 is 0 Å². The van der Waals surface area contributed by atoms with Gasteiger partial charge >= 0.3 is 0 Å². The van der Waals surface area contributed by atoms with E-state index in [2.05, 4.69) is 15.6 Å². The first-order chi connectivity index (χ1) is 12.8. The minimum Gasteiger partial charge on any atom is -0.357 e. The van der Waals surface area contributed by atoms with Crippen molar-refractivity contribution in [1.82, 2.24) is 14.9 Å². The molecule has 0 atom stereocenters. The van der Waals surface area contributed by atoms with Crippen LogP contribution in [0.15, 0.2) is 29.3 Å². The quantitative estimate of drug-likeness (QED) is 0.213. The second-order valence-electron chi connectivity index (χ2n) is 6.99. The first-order valence-electron chi connectivity index (χ1n) is 9.54. The number of aliphatic imine (C=N–C) groups is 1. The van der Waals surface area contributed by atoms with Gasteiger partial charge in [-0.15, -0.1) is 24.0 Å². The molecule has 1 aliphatic carbocycles. The van der Waals surface area contributed by atoms with Gasteiger partial charge in [-0.3, -0.25) is 4.99 Å². The van der Waals surface area contributed by atoms with Crippen LogP contribution < -0.4 is 10.6 Å². The number of benzene rings is 1. The Balaban J connectivity index is 0.00000392. The van der Waals surface area contributed by atoms with E-state index in [1.54, 1.807) is 6.07 Å². The Morgan fingerprint density at radius 3 is 2.46 bits per heavy atom. The molecule has 0 radical (unpaired) electrons. The van der Waals surface area contributed by atoms with E-state index in [0.29, 0.717) is 38.6 Å². The Labute approximate surface area is 185 Å². The lowest BCUT2D eigenvalue weighted by Gasteiger charge is -2.19. The average Bonchev–Trinajstić information content (AvgIpc) is 3.39. The van der Waals surface area contributed by atoms with Crippen molar-refractivity contribution in [3.63, 3.8) is 0 Å². The molecule has 0 bridgehead atoms. The summed E-state index contributed by atoms with van der Waals surface area (Å²) >= 11 is 0. The van der Waals surface area contributed by atoms with Crippen molar-refractivity contribution in [2.75, 3.05) is 39.0 Å². The van der Waals surface area contributed by atoms with E-state index in [4.69, 9.17) is 0 Å². The van der Waals surface area contributed by atoms with Gasteiger partial charge in [0.15, 0.2) is 5.96 Å². The van der Waals surface area contributed by atoms with Gasteiger partial charge in [0.25, 0.3) is 0 Å². The van der Waals surface area contributed by atoms with E-state index in [0.717, 1.165) is 24.9 Å². The summed E-state index contributed by atoms with van der Waals surface area (Å²) < 4.78 is 38.8. The van der Waals surface area contributed by atoms with E-state index in [1.807, 2.05) is 26.0 Å². The fourth-order valence-electron chi connectivity index (χ4n) is 3.15. The fraction of sp³-hybridized carbons (Fsp3) is 0.632. The second-order valence-corrected chi connectivity index (χ2v) is 8.97. The Morgan fingerprint density at radius 2 is 1.93 bits per heavy atom.